The molecule has 0 saturated heterocycles. The van der Waals surface area contributed by atoms with Crippen molar-refractivity contribution in [3.8, 4) is 0 Å². The number of carbonyl (C=O) groups is 1. The Morgan fingerprint density at radius 2 is 1.74 bits per heavy atom. The number of hydrogen-bond donors (Lipinski definition) is 0. The number of sulfonamides is 1. The Balaban J connectivity index is 1.79. The Hall–Kier alpha value is -3.04. The first-order chi connectivity index (χ1) is 16.5. The number of benzene rings is 3. The van der Waals surface area contributed by atoms with Gasteiger partial charge in [0.25, 0.3) is 10.0 Å². The number of halogens is 4. The van der Waals surface area contributed by atoms with E-state index in [1.165, 1.54) is 23.1 Å². The standard InChI is InChI=1S/C25H22ClF3N2O3S/c1-17-8-11-20(12-9-17)35(33,34)31(19-10-13-22(26)21(15-19)25(27,28)29)16-24(32)30-14-4-6-18-5-2-3-7-23(18)30/h2-3,5,7-13,15H,4,6,14,16H2,1H3. The summed E-state index contributed by atoms with van der Waals surface area (Å²) < 4.78 is 68.5. The normalized spacial score (nSPS) is 13.9. The predicted octanol–water partition coefficient (Wildman–Crippen LogP) is 5.84. The van der Waals surface area contributed by atoms with Crippen LogP contribution < -0.4 is 9.21 Å². The average Bonchev–Trinajstić information content (AvgIpc) is 2.82. The van der Waals surface area contributed by atoms with Crippen molar-refractivity contribution in [2.75, 3.05) is 22.3 Å². The van der Waals surface area contributed by atoms with Crippen LogP contribution in [0, 0.1) is 6.92 Å². The molecule has 0 atom stereocenters. The molecule has 0 aliphatic carbocycles. The molecule has 0 spiro atoms. The summed E-state index contributed by atoms with van der Waals surface area (Å²) in [5.74, 6) is -0.545. The maximum absolute atomic E-state index is 13.6. The van der Waals surface area contributed by atoms with E-state index >= 15 is 0 Å². The van der Waals surface area contributed by atoms with Crippen molar-refractivity contribution in [1.29, 1.82) is 0 Å². The number of amides is 1. The minimum Gasteiger partial charge on any atom is -0.311 e. The largest absolute Gasteiger partial charge is 0.417 e. The quantitative estimate of drug-likeness (QED) is 0.423. The monoisotopic (exact) mass is 522 g/mol. The molecule has 184 valence electrons. The van der Waals surface area contributed by atoms with Gasteiger partial charge in [-0.15, -0.1) is 0 Å². The Morgan fingerprint density at radius 1 is 1.06 bits per heavy atom. The summed E-state index contributed by atoms with van der Waals surface area (Å²) in [7, 11) is -4.38. The number of aryl methyl sites for hydroxylation is 2. The van der Waals surface area contributed by atoms with Gasteiger partial charge in [0.1, 0.15) is 6.54 Å². The van der Waals surface area contributed by atoms with Crippen molar-refractivity contribution in [2.24, 2.45) is 0 Å². The van der Waals surface area contributed by atoms with Gasteiger partial charge in [-0.1, -0.05) is 47.5 Å². The third-order valence-electron chi connectivity index (χ3n) is 5.84. The number of anilines is 2. The molecule has 1 heterocycles. The number of carbonyl (C=O) groups excluding carboxylic acids is 1. The summed E-state index contributed by atoms with van der Waals surface area (Å²) in [5, 5.41) is -0.565. The van der Waals surface area contributed by atoms with Crippen LogP contribution in [0.2, 0.25) is 5.02 Å². The van der Waals surface area contributed by atoms with Crippen LogP contribution in [0.3, 0.4) is 0 Å². The Kier molecular flexibility index (Phi) is 6.83. The molecule has 4 rings (SSSR count). The molecular formula is C25H22ClF3N2O3S. The lowest BCUT2D eigenvalue weighted by Gasteiger charge is -2.32. The SMILES string of the molecule is Cc1ccc(S(=O)(=O)N(CC(=O)N2CCCc3ccccc32)c2ccc(Cl)c(C(F)(F)F)c2)cc1. The zero-order chi connectivity index (χ0) is 25.4. The van der Waals surface area contributed by atoms with Crippen LogP contribution in [0.25, 0.3) is 0 Å². The summed E-state index contributed by atoms with van der Waals surface area (Å²) in [5.41, 5.74) is 0.939. The minimum atomic E-state index is -4.80. The number of rotatable bonds is 5. The minimum absolute atomic E-state index is 0.140. The second-order valence-electron chi connectivity index (χ2n) is 8.26. The Bertz CT molecular complexity index is 1360. The molecule has 3 aromatic rings. The lowest BCUT2D eigenvalue weighted by Crippen LogP contribution is -2.45. The second-order valence-corrected chi connectivity index (χ2v) is 10.5. The van der Waals surface area contributed by atoms with Crippen LogP contribution in [-0.4, -0.2) is 27.4 Å². The zero-order valence-corrected chi connectivity index (χ0v) is 20.3. The van der Waals surface area contributed by atoms with Gasteiger partial charge in [0.05, 0.1) is 21.2 Å². The van der Waals surface area contributed by atoms with E-state index in [9.17, 15) is 26.4 Å². The van der Waals surface area contributed by atoms with E-state index in [4.69, 9.17) is 11.6 Å². The van der Waals surface area contributed by atoms with Gasteiger partial charge in [-0.3, -0.25) is 9.10 Å². The van der Waals surface area contributed by atoms with Gasteiger partial charge in [-0.2, -0.15) is 13.2 Å². The summed E-state index contributed by atoms with van der Waals surface area (Å²) in [6.07, 6.45) is -3.34. The molecule has 3 aromatic carbocycles. The van der Waals surface area contributed by atoms with Gasteiger partial charge >= 0.3 is 6.18 Å². The Morgan fingerprint density at radius 3 is 2.43 bits per heavy atom. The van der Waals surface area contributed by atoms with Gasteiger partial charge in [0, 0.05) is 12.2 Å². The average molecular weight is 523 g/mol. The fourth-order valence-corrected chi connectivity index (χ4v) is 5.67. The fourth-order valence-electron chi connectivity index (χ4n) is 4.04. The van der Waals surface area contributed by atoms with Crippen molar-refractivity contribution < 1.29 is 26.4 Å². The number of nitrogens with zero attached hydrogens (tertiary/aromatic N) is 2. The maximum atomic E-state index is 13.6. The molecule has 0 bridgehead atoms. The van der Waals surface area contributed by atoms with Crippen molar-refractivity contribution in [3.05, 3.63) is 88.4 Å². The number of para-hydroxylation sites is 1. The zero-order valence-electron chi connectivity index (χ0n) is 18.7. The lowest BCUT2D eigenvalue weighted by atomic mass is 10.0. The molecule has 0 unspecified atom stereocenters. The van der Waals surface area contributed by atoms with Crippen LogP contribution in [0.15, 0.2) is 71.6 Å². The van der Waals surface area contributed by atoms with Crippen LogP contribution in [-0.2, 0) is 27.4 Å². The fraction of sp³-hybridized carbons (Fsp3) is 0.240. The van der Waals surface area contributed by atoms with Crippen molar-refractivity contribution in [1.82, 2.24) is 0 Å². The van der Waals surface area contributed by atoms with E-state index in [0.717, 1.165) is 23.6 Å². The molecule has 1 aliphatic rings. The summed E-state index contributed by atoms with van der Waals surface area (Å²) >= 11 is 5.75. The van der Waals surface area contributed by atoms with E-state index in [2.05, 4.69) is 0 Å². The highest BCUT2D eigenvalue weighted by Gasteiger charge is 2.36. The smallest absolute Gasteiger partial charge is 0.311 e. The molecule has 10 heteroatoms. The third-order valence-corrected chi connectivity index (χ3v) is 7.96. The van der Waals surface area contributed by atoms with E-state index in [1.807, 2.05) is 12.1 Å². The predicted molar refractivity (Wildman–Crippen MR) is 129 cm³/mol. The number of fused-ring (bicyclic) bond motifs is 1. The molecule has 35 heavy (non-hydrogen) atoms. The van der Waals surface area contributed by atoms with E-state index in [-0.39, 0.29) is 10.6 Å². The van der Waals surface area contributed by atoms with E-state index < -0.39 is 39.2 Å². The number of alkyl halides is 3. The van der Waals surface area contributed by atoms with Crippen LogP contribution in [0.5, 0.6) is 0 Å². The van der Waals surface area contributed by atoms with Crippen molar-refractivity contribution >= 4 is 38.9 Å². The molecule has 5 nitrogen and oxygen atoms in total. The van der Waals surface area contributed by atoms with E-state index in [0.29, 0.717) is 29.0 Å². The van der Waals surface area contributed by atoms with Gasteiger partial charge in [0.2, 0.25) is 5.91 Å². The van der Waals surface area contributed by atoms with Crippen LogP contribution >= 0.6 is 11.6 Å². The maximum Gasteiger partial charge on any atom is 0.417 e. The third kappa shape index (κ3) is 5.16. The molecule has 0 aromatic heterocycles. The molecule has 1 amide bonds. The molecule has 0 N–H and O–H groups in total. The number of hydrogen-bond acceptors (Lipinski definition) is 3. The van der Waals surface area contributed by atoms with Gasteiger partial charge < -0.3 is 4.90 Å². The summed E-state index contributed by atoms with van der Waals surface area (Å²) in [6, 6.07) is 16.0. The Labute approximate surface area is 206 Å². The first kappa shape index (κ1) is 25.1. The summed E-state index contributed by atoms with van der Waals surface area (Å²) in [4.78, 5) is 14.7. The van der Waals surface area contributed by atoms with E-state index in [1.54, 1.807) is 31.2 Å². The van der Waals surface area contributed by atoms with Crippen LogP contribution in [0.1, 0.15) is 23.1 Å². The van der Waals surface area contributed by atoms with Crippen LogP contribution in [0.4, 0.5) is 24.5 Å². The van der Waals surface area contributed by atoms with Gasteiger partial charge in [0.15, 0.2) is 0 Å². The molecule has 0 radical (unpaired) electrons. The summed E-state index contributed by atoms with van der Waals surface area (Å²) in [6.45, 7) is 1.48. The molecule has 0 saturated carbocycles. The highest BCUT2D eigenvalue weighted by Crippen LogP contribution is 2.38. The first-order valence-electron chi connectivity index (χ1n) is 10.8. The van der Waals surface area contributed by atoms with Crippen molar-refractivity contribution in [2.45, 2.75) is 30.8 Å². The highest BCUT2D eigenvalue weighted by atomic mass is 35.5. The molecular weight excluding hydrogens is 501 g/mol. The second kappa shape index (κ2) is 9.54. The van der Waals surface area contributed by atoms with Gasteiger partial charge in [-0.25, -0.2) is 8.42 Å². The lowest BCUT2D eigenvalue weighted by molar-refractivity contribution is -0.137. The molecule has 0 fully saturated rings. The highest BCUT2D eigenvalue weighted by molar-refractivity contribution is 7.92. The van der Waals surface area contributed by atoms with Crippen molar-refractivity contribution in [3.63, 3.8) is 0 Å². The topological polar surface area (TPSA) is 57.7 Å². The van der Waals surface area contributed by atoms with Gasteiger partial charge in [-0.05, 0) is 61.7 Å². The first-order valence-corrected chi connectivity index (χ1v) is 12.6. The molecule has 1 aliphatic heterocycles.